The minimum atomic E-state index is -0.0952. The number of anilines is 1. The van der Waals surface area contributed by atoms with Crippen LogP contribution in [0.2, 0.25) is 0 Å². The molecular formula is C18H31IN4O2. The molecule has 1 aromatic carbocycles. The van der Waals surface area contributed by atoms with Crippen molar-refractivity contribution in [3.05, 3.63) is 24.3 Å². The standard InChI is InChI=1S/C18H30N4O2.HI/c1-5-7-12-22(4)18(19-6-2)20-11-13-24-17-10-8-9-16(14-17)21-15(3)23;/h8-10,14H,5-7,11-13H2,1-4H3,(H,19,20)(H,21,23);1H. The Hall–Kier alpha value is -1.51. The number of amides is 1. The Bertz CT molecular complexity index is 538. The minimum Gasteiger partial charge on any atom is -0.492 e. The Morgan fingerprint density at radius 1 is 1.32 bits per heavy atom. The Kier molecular flexibility index (Phi) is 12.9. The van der Waals surface area contributed by atoms with Crippen molar-refractivity contribution in [2.45, 2.75) is 33.6 Å². The second kappa shape index (κ2) is 13.7. The number of nitrogens with one attached hydrogen (secondary N) is 2. The molecule has 6 nitrogen and oxygen atoms in total. The summed E-state index contributed by atoms with van der Waals surface area (Å²) in [5, 5.41) is 6.04. The molecule has 0 spiro atoms. The zero-order chi connectivity index (χ0) is 17.8. The summed E-state index contributed by atoms with van der Waals surface area (Å²) >= 11 is 0. The summed E-state index contributed by atoms with van der Waals surface area (Å²) in [6, 6.07) is 7.36. The molecule has 0 fully saturated rings. The van der Waals surface area contributed by atoms with Crippen LogP contribution >= 0.6 is 24.0 Å². The number of rotatable bonds is 9. The molecule has 0 aliphatic carbocycles. The summed E-state index contributed by atoms with van der Waals surface area (Å²) in [6.07, 6.45) is 2.31. The number of halogens is 1. The fraction of sp³-hybridized carbons (Fsp3) is 0.556. The molecule has 0 aromatic heterocycles. The van der Waals surface area contributed by atoms with E-state index in [0.717, 1.165) is 43.3 Å². The van der Waals surface area contributed by atoms with E-state index in [0.29, 0.717) is 13.2 Å². The Labute approximate surface area is 168 Å². The predicted molar refractivity (Wildman–Crippen MR) is 115 cm³/mol. The van der Waals surface area contributed by atoms with Gasteiger partial charge in [-0.2, -0.15) is 0 Å². The number of carbonyl (C=O) groups is 1. The van der Waals surface area contributed by atoms with Gasteiger partial charge < -0.3 is 20.3 Å². The molecule has 0 bridgehead atoms. The van der Waals surface area contributed by atoms with Crippen molar-refractivity contribution in [3.8, 4) is 5.75 Å². The molecule has 7 heteroatoms. The predicted octanol–water partition coefficient (Wildman–Crippen LogP) is 3.34. The zero-order valence-electron chi connectivity index (χ0n) is 15.7. The van der Waals surface area contributed by atoms with Crippen LogP contribution in [-0.4, -0.2) is 50.1 Å². The maximum atomic E-state index is 11.1. The Morgan fingerprint density at radius 2 is 2.08 bits per heavy atom. The summed E-state index contributed by atoms with van der Waals surface area (Å²) < 4.78 is 5.71. The lowest BCUT2D eigenvalue weighted by Crippen LogP contribution is -2.39. The average molecular weight is 462 g/mol. The molecule has 2 N–H and O–H groups in total. The molecule has 142 valence electrons. The van der Waals surface area contributed by atoms with E-state index in [1.807, 2.05) is 24.3 Å². The van der Waals surface area contributed by atoms with E-state index in [2.05, 4.69) is 41.4 Å². The van der Waals surface area contributed by atoms with Crippen LogP contribution in [0.4, 0.5) is 5.69 Å². The molecule has 1 aromatic rings. The van der Waals surface area contributed by atoms with Gasteiger partial charge >= 0.3 is 0 Å². The third-order valence-electron chi connectivity index (χ3n) is 3.32. The van der Waals surface area contributed by atoms with Gasteiger partial charge in [0.1, 0.15) is 12.4 Å². The van der Waals surface area contributed by atoms with Crippen molar-refractivity contribution in [1.29, 1.82) is 0 Å². The quantitative estimate of drug-likeness (QED) is 0.256. The molecule has 1 rings (SSSR count). The maximum absolute atomic E-state index is 11.1. The lowest BCUT2D eigenvalue weighted by molar-refractivity contribution is -0.114. The molecule has 1 amide bonds. The van der Waals surface area contributed by atoms with Gasteiger partial charge in [-0.25, -0.2) is 4.99 Å². The van der Waals surface area contributed by atoms with E-state index < -0.39 is 0 Å². The first kappa shape index (κ1) is 23.5. The smallest absolute Gasteiger partial charge is 0.221 e. The molecular weight excluding hydrogens is 431 g/mol. The van der Waals surface area contributed by atoms with Crippen molar-refractivity contribution >= 4 is 41.5 Å². The van der Waals surface area contributed by atoms with E-state index in [4.69, 9.17) is 4.74 Å². The second-order valence-electron chi connectivity index (χ2n) is 5.57. The summed E-state index contributed by atoms with van der Waals surface area (Å²) in [5.41, 5.74) is 0.733. The number of guanidine groups is 1. The molecule has 0 radical (unpaired) electrons. The molecule has 0 heterocycles. The van der Waals surface area contributed by atoms with E-state index >= 15 is 0 Å². The van der Waals surface area contributed by atoms with Crippen LogP contribution in [-0.2, 0) is 4.79 Å². The number of aliphatic imine (C=N–C) groups is 1. The second-order valence-corrected chi connectivity index (χ2v) is 5.57. The Morgan fingerprint density at radius 3 is 2.72 bits per heavy atom. The van der Waals surface area contributed by atoms with Crippen LogP contribution < -0.4 is 15.4 Å². The van der Waals surface area contributed by atoms with Crippen LogP contribution in [0, 0.1) is 0 Å². The van der Waals surface area contributed by atoms with Gasteiger partial charge in [0.05, 0.1) is 6.54 Å². The molecule has 0 aliphatic rings. The first-order valence-corrected chi connectivity index (χ1v) is 8.56. The van der Waals surface area contributed by atoms with Gasteiger partial charge in [0, 0.05) is 38.8 Å². The van der Waals surface area contributed by atoms with E-state index in [-0.39, 0.29) is 29.9 Å². The van der Waals surface area contributed by atoms with Gasteiger partial charge in [0.25, 0.3) is 0 Å². The summed E-state index contributed by atoms with van der Waals surface area (Å²) in [5.74, 6) is 1.53. The molecule has 0 saturated heterocycles. The summed E-state index contributed by atoms with van der Waals surface area (Å²) in [7, 11) is 2.05. The van der Waals surface area contributed by atoms with Crippen molar-refractivity contribution in [1.82, 2.24) is 10.2 Å². The van der Waals surface area contributed by atoms with E-state index in [1.165, 1.54) is 6.92 Å². The highest BCUT2D eigenvalue weighted by molar-refractivity contribution is 14.0. The topological polar surface area (TPSA) is 66.0 Å². The van der Waals surface area contributed by atoms with Crippen LogP contribution in [0.15, 0.2) is 29.3 Å². The summed E-state index contributed by atoms with van der Waals surface area (Å²) in [4.78, 5) is 17.8. The monoisotopic (exact) mass is 462 g/mol. The lowest BCUT2D eigenvalue weighted by atomic mass is 10.3. The van der Waals surface area contributed by atoms with Crippen molar-refractivity contribution in [2.75, 3.05) is 38.6 Å². The molecule has 25 heavy (non-hydrogen) atoms. The third kappa shape index (κ3) is 10.2. The first-order chi connectivity index (χ1) is 11.6. The van der Waals surface area contributed by atoms with Gasteiger partial charge in [-0.15, -0.1) is 24.0 Å². The third-order valence-corrected chi connectivity index (χ3v) is 3.32. The van der Waals surface area contributed by atoms with Gasteiger partial charge in [-0.3, -0.25) is 4.79 Å². The number of benzene rings is 1. The number of ether oxygens (including phenoxy) is 1. The lowest BCUT2D eigenvalue weighted by Gasteiger charge is -2.21. The SMILES string of the molecule is CCCCN(C)C(=NCCOc1cccc(NC(C)=O)c1)NCC.I. The van der Waals surface area contributed by atoms with Crippen LogP contribution in [0.5, 0.6) is 5.75 Å². The van der Waals surface area contributed by atoms with Gasteiger partial charge in [0.2, 0.25) is 5.91 Å². The van der Waals surface area contributed by atoms with Crippen LogP contribution in [0.25, 0.3) is 0 Å². The molecule has 0 atom stereocenters. The number of nitrogens with zero attached hydrogens (tertiary/aromatic N) is 2. The molecule has 0 unspecified atom stereocenters. The highest BCUT2D eigenvalue weighted by atomic mass is 127. The Balaban J connectivity index is 0.00000576. The highest BCUT2D eigenvalue weighted by Gasteiger charge is 2.04. The summed E-state index contributed by atoms with van der Waals surface area (Å²) in [6.45, 7) is 8.62. The first-order valence-electron chi connectivity index (χ1n) is 8.56. The van der Waals surface area contributed by atoms with Gasteiger partial charge in [-0.05, 0) is 25.5 Å². The van der Waals surface area contributed by atoms with Crippen LogP contribution in [0.1, 0.15) is 33.6 Å². The highest BCUT2D eigenvalue weighted by Crippen LogP contribution is 2.17. The number of hydrogen-bond donors (Lipinski definition) is 2. The fourth-order valence-electron chi connectivity index (χ4n) is 2.15. The van der Waals surface area contributed by atoms with Gasteiger partial charge in [0.15, 0.2) is 5.96 Å². The van der Waals surface area contributed by atoms with E-state index in [1.54, 1.807) is 0 Å². The van der Waals surface area contributed by atoms with Crippen LogP contribution in [0.3, 0.4) is 0 Å². The van der Waals surface area contributed by atoms with Crippen molar-refractivity contribution < 1.29 is 9.53 Å². The van der Waals surface area contributed by atoms with Crippen molar-refractivity contribution in [3.63, 3.8) is 0 Å². The maximum Gasteiger partial charge on any atom is 0.221 e. The normalized spacial score (nSPS) is 10.6. The average Bonchev–Trinajstić information content (AvgIpc) is 2.55. The molecule has 0 aliphatic heterocycles. The fourth-order valence-corrected chi connectivity index (χ4v) is 2.15. The van der Waals surface area contributed by atoms with E-state index in [9.17, 15) is 4.79 Å². The van der Waals surface area contributed by atoms with Crippen molar-refractivity contribution in [2.24, 2.45) is 4.99 Å². The largest absolute Gasteiger partial charge is 0.492 e. The van der Waals surface area contributed by atoms with Gasteiger partial charge in [-0.1, -0.05) is 19.4 Å². The molecule has 0 saturated carbocycles. The zero-order valence-corrected chi connectivity index (χ0v) is 18.0. The number of hydrogen-bond acceptors (Lipinski definition) is 3. The number of carbonyl (C=O) groups excluding carboxylic acids is 1. The minimum absolute atomic E-state index is 0. The number of unbranched alkanes of at least 4 members (excludes halogenated alkanes) is 1.